The van der Waals surface area contributed by atoms with E-state index in [0.717, 1.165) is 22.9 Å². The van der Waals surface area contributed by atoms with Crippen LogP contribution in [0, 0.1) is 12.8 Å². The minimum absolute atomic E-state index is 0.440. The van der Waals surface area contributed by atoms with Crippen LogP contribution < -0.4 is 5.32 Å². The maximum atomic E-state index is 12.1. The van der Waals surface area contributed by atoms with Crippen molar-refractivity contribution in [3.63, 3.8) is 0 Å². The molecular weight excluding hydrogens is 320 g/mol. The van der Waals surface area contributed by atoms with Crippen LogP contribution in [0.15, 0.2) is 22.7 Å². The zero-order chi connectivity index (χ0) is 14.7. The fourth-order valence-corrected chi connectivity index (χ4v) is 2.84. The summed E-state index contributed by atoms with van der Waals surface area (Å²) in [6, 6.07) is 5.60. The van der Waals surface area contributed by atoms with Crippen molar-refractivity contribution in [2.24, 2.45) is 5.92 Å². The molecule has 0 bridgehead atoms. The Morgan fingerprint density at radius 1 is 1.30 bits per heavy atom. The number of hydrogen-bond donors (Lipinski definition) is 1. The van der Waals surface area contributed by atoms with Gasteiger partial charge in [-0.1, -0.05) is 13.0 Å². The number of rotatable bonds is 1. The van der Waals surface area contributed by atoms with Gasteiger partial charge < -0.3 is 10.2 Å². The monoisotopic (exact) mass is 338 g/mol. The third-order valence-corrected chi connectivity index (χ3v) is 4.29. The highest BCUT2D eigenvalue weighted by atomic mass is 79.9. The van der Waals surface area contributed by atoms with E-state index in [1.54, 1.807) is 11.0 Å². The molecule has 0 aromatic heterocycles. The van der Waals surface area contributed by atoms with Crippen molar-refractivity contribution in [3.05, 3.63) is 28.2 Å². The van der Waals surface area contributed by atoms with E-state index in [-0.39, 0.29) is 0 Å². The molecule has 1 N–H and O–H groups in total. The molecule has 1 aliphatic heterocycles. The van der Waals surface area contributed by atoms with Gasteiger partial charge in [-0.3, -0.25) is 9.59 Å². The predicted octanol–water partition coefficient (Wildman–Crippen LogP) is 2.95. The summed E-state index contributed by atoms with van der Waals surface area (Å²) in [7, 11) is 0. The maximum Gasteiger partial charge on any atom is 0.313 e. The first-order chi connectivity index (χ1) is 9.47. The van der Waals surface area contributed by atoms with Crippen LogP contribution in [0.5, 0.6) is 0 Å². The van der Waals surface area contributed by atoms with Gasteiger partial charge >= 0.3 is 11.8 Å². The summed E-state index contributed by atoms with van der Waals surface area (Å²) in [5, 5.41) is 2.67. The van der Waals surface area contributed by atoms with E-state index in [0.29, 0.717) is 24.7 Å². The van der Waals surface area contributed by atoms with Crippen LogP contribution in [-0.2, 0) is 9.59 Å². The van der Waals surface area contributed by atoms with Gasteiger partial charge in [-0.15, -0.1) is 0 Å². The van der Waals surface area contributed by atoms with Crippen LogP contribution in [0.25, 0.3) is 0 Å². The molecular formula is C15H19BrN2O2. The molecule has 0 spiro atoms. The summed E-state index contributed by atoms with van der Waals surface area (Å²) in [6.07, 6.45) is 1.93. The fourth-order valence-electron chi connectivity index (χ4n) is 2.25. The molecule has 0 radical (unpaired) electrons. The Bertz CT molecular complexity index is 523. The smallest absolute Gasteiger partial charge is 0.313 e. The Morgan fingerprint density at radius 3 is 2.55 bits per heavy atom. The molecule has 0 atom stereocenters. The zero-order valence-electron chi connectivity index (χ0n) is 11.8. The predicted molar refractivity (Wildman–Crippen MR) is 82.5 cm³/mol. The van der Waals surface area contributed by atoms with Crippen molar-refractivity contribution >= 4 is 33.4 Å². The number of amides is 2. The maximum absolute atomic E-state index is 12.1. The van der Waals surface area contributed by atoms with E-state index in [1.165, 1.54) is 0 Å². The average molecular weight is 339 g/mol. The topological polar surface area (TPSA) is 49.4 Å². The quantitative estimate of drug-likeness (QED) is 0.800. The number of carbonyl (C=O) groups excluding carboxylic acids is 2. The molecule has 108 valence electrons. The lowest BCUT2D eigenvalue weighted by molar-refractivity contribution is -0.144. The van der Waals surface area contributed by atoms with Crippen LogP contribution in [0.4, 0.5) is 5.69 Å². The number of carbonyl (C=O) groups is 2. The Morgan fingerprint density at radius 2 is 1.95 bits per heavy atom. The molecule has 5 heteroatoms. The second-order valence-electron chi connectivity index (χ2n) is 5.41. The van der Waals surface area contributed by atoms with Gasteiger partial charge in [0.1, 0.15) is 0 Å². The highest BCUT2D eigenvalue weighted by Crippen LogP contribution is 2.23. The number of nitrogens with one attached hydrogen (secondary N) is 1. The lowest BCUT2D eigenvalue weighted by Gasteiger charge is -2.29. The highest BCUT2D eigenvalue weighted by Gasteiger charge is 2.25. The molecule has 1 saturated heterocycles. The SMILES string of the molecule is Cc1ccc(NC(=O)C(=O)N2CCC(C)CC2)c(Br)c1. The molecule has 1 heterocycles. The zero-order valence-corrected chi connectivity index (χ0v) is 13.4. The number of anilines is 1. The summed E-state index contributed by atoms with van der Waals surface area (Å²) in [6.45, 7) is 5.48. The van der Waals surface area contributed by atoms with E-state index in [4.69, 9.17) is 0 Å². The van der Waals surface area contributed by atoms with Crippen LogP contribution in [0.1, 0.15) is 25.3 Å². The number of piperidine rings is 1. The molecule has 1 fully saturated rings. The van der Waals surface area contributed by atoms with Crippen molar-refractivity contribution in [1.29, 1.82) is 0 Å². The minimum atomic E-state index is -0.566. The summed E-state index contributed by atoms with van der Waals surface area (Å²) >= 11 is 3.39. The van der Waals surface area contributed by atoms with Gasteiger partial charge in [0.05, 0.1) is 5.69 Å². The summed E-state index contributed by atoms with van der Waals surface area (Å²) in [5.74, 6) is -0.373. The second kappa shape index (κ2) is 6.39. The van der Waals surface area contributed by atoms with Gasteiger partial charge in [-0.2, -0.15) is 0 Å². The second-order valence-corrected chi connectivity index (χ2v) is 6.27. The molecule has 20 heavy (non-hydrogen) atoms. The minimum Gasteiger partial charge on any atom is -0.334 e. The van der Waals surface area contributed by atoms with Gasteiger partial charge in [0.15, 0.2) is 0 Å². The largest absolute Gasteiger partial charge is 0.334 e. The molecule has 0 unspecified atom stereocenters. The number of benzene rings is 1. The molecule has 2 amide bonds. The number of halogens is 1. The van der Waals surface area contributed by atoms with E-state index in [2.05, 4.69) is 28.2 Å². The number of likely N-dealkylation sites (tertiary alicyclic amines) is 1. The van der Waals surface area contributed by atoms with Gasteiger partial charge in [-0.05, 0) is 59.3 Å². The summed E-state index contributed by atoms with van der Waals surface area (Å²) < 4.78 is 0.783. The number of hydrogen-bond acceptors (Lipinski definition) is 2. The van der Waals surface area contributed by atoms with E-state index < -0.39 is 11.8 Å². The van der Waals surface area contributed by atoms with E-state index >= 15 is 0 Å². The average Bonchev–Trinajstić information content (AvgIpc) is 2.42. The fraction of sp³-hybridized carbons (Fsp3) is 0.467. The Labute approximate surface area is 127 Å². The summed E-state index contributed by atoms with van der Waals surface area (Å²) in [5.41, 5.74) is 1.71. The lowest BCUT2D eigenvalue weighted by atomic mass is 9.99. The van der Waals surface area contributed by atoms with Crippen LogP contribution in [0.3, 0.4) is 0 Å². The van der Waals surface area contributed by atoms with Crippen LogP contribution in [-0.4, -0.2) is 29.8 Å². The van der Waals surface area contributed by atoms with Gasteiger partial charge in [0.2, 0.25) is 0 Å². The van der Waals surface area contributed by atoms with Gasteiger partial charge in [0.25, 0.3) is 0 Å². The van der Waals surface area contributed by atoms with Crippen molar-refractivity contribution in [2.45, 2.75) is 26.7 Å². The Hall–Kier alpha value is -1.36. The summed E-state index contributed by atoms with van der Waals surface area (Å²) in [4.78, 5) is 25.7. The normalized spacial score (nSPS) is 16.1. The first-order valence-electron chi connectivity index (χ1n) is 6.84. The molecule has 1 aromatic rings. The molecule has 0 saturated carbocycles. The third kappa shape index (κ3) is 3.60. The van der Waals surface area contributed by atoms with Crippen LogP contribution >= 0.6 is 15.9 Å². The van der Waals surface area contributed by atoms with Crippen molar-refractivity contribution in [1.82, 2.24) is 4.90 Å². The van der Waals surface area contributed by atoms with Crippen molar-refractivity contribution in [2.75, 3.05) is 18.4 Å². The molecule has 0 aliphatic carbocycles. The van der Waals surface area contributed by atoms with Gasteiger partial charge in [0, 0.05) is 17.6 Å². The van der Waals surface area contributed by atoms with E-state index in [1.807, 2.05) is 19.1 Å². The molecule has 2 rings (SSSR count). The number of nitrogens with zero attached hydrogens (tertiary/aromatic N) is 1. The molecule has 1 aromatic carbocycles. The standard InChI is InChI=1S/C15H19BrN2O2/c1-10-5-7-18(8-6-10)15(20)14(19)17-13-4-3-11(2)9-12(13)16/h3-4,9-10H,5-8H2,1-2H3,(H,17,19). The molecule has 1 aliphatic rings. The number of aryl methyl sites for hydroxylation is 1. The Kier molecular flexibility index (Phi) is 4.81. The van der Waals surface area contributed by atoms with Crippen molar-refractivity contribution < 1.29 is 9.59 Å². The molecule has 4 nitrogen and oxygen atoms in total. The third-order valence-electron chi connectivity index (χ3n) is 3.64. The highest BCUT2D eigenvalue weighted by molar-refractivity contribution is 9.10. The lowest BCUT2D eigenvalue weighted by Crippen LogP contribution is -2.43. The van der Waals surface area contributed by atoms with Crippen LogP contribution in [0.2, 0.25) is 0 Å². The Balaban J connectivity index is 1.99. The van der Waals surface area contributed by atoms with E-state index in [9.17, 15) is 9.59 Å². The van der Waals surface area contributed by atoms with Gasteiger partial charge in [-0.25, -0.2) is 0 Å². The first kappa shape index (κ1) is 15.0. The van der Waals surface area contributed by atoms with Crippen molar-refractivity contribution in [3.8, 4) is 0 Å². The first-order valence-corrected chi connectivity index (χ1v) is 7.63.